The van der Waals surface area contributed by atoms with Gasteiger partial charge in [-0.1, -0.05) is 42.5 Å². The predicted molar refractivity (Wildman–Crippen MR) is 105 cm³/mol. The van der Waals surface area contributed by atoms with Crippen molar-refractivity contribution in [1.29, 1.82) is 0 Å². The van der Waals surface area contributed by atoms with Gasteiger partial charge in [-0.05, 0) is 58.9 Å². The zero-order valence-corrected chi connectivity index (χ0v) is 16.6. The molecule has 1 aromatic carbocycles. The maximum absolute atomic E-state index is 12.6. The Labute approximate surface area is 158 Å². The molecule has 0 fully saturated rings. The van der Waals surface area contributed by atoms with Crippen LogP contribution in [-0.4, -0.2) is 35.3 Å². The molecule has 1 aliphatic heterocycles. The molecule has 2 atom stereocenters. The van der Waals surface area contributed by atoms with Crippen LogP contribution in [0.5, 0.6) is 0 Å². The van der Waals surface area contributed by atoms with Crippen molar-refractivity contribution in [3.8, 4) is 0 Å². The lowest BCUT2D eigenvalue weighted by Crippen LogP contribution is -2.49. The lowest BCUT2D eigenvalue weighted by molar-refractivity contribution is 0.00888. The number of hydrogen-bond donors (Lipinski definition) is 0. The summed E-state index contributed by atoms with van der Waals surface area (Å²) in [6, 6.07) is 10.5. The van der Waals surface area contributed by atoms with Crippen LogP contribution in [0.2, 0.25) is 0 Å². The van der Waals surface area contributed by atoms with Crippen LogP contribution in [0.15, 0.2) is 42.5 Å². The van der Waals surface area contributed by atoms with Crippen LogP contribution in [0.3, 0.4) is 0 Å². The van der Waals surface area contributed by atoms with Crippen LogP contribution in [0.1, 0.15) is 58.9 Å². The van der Waals surface area contributed by atoms with Gasteiger partial charge in [0.05, 0.1) is 12.6 Å². The Hall–Kier alpha value is -1.81. The second kappa shape index (κ2) is 9.77. The number of amides is 1. The molecular weight excluding hydrogens is 326 g/mol. The first kappa shape index (κ1) is 20.5. The lowest BCUT2D eigenvalue weighted by Gasteiger charge is -2.38. The number of carbonyl (C=O) groups is 1. The molecule has 1 aliphatic rings. The summed E-state index contributed by atoms with van der Waals surface area (Å²) in [4.78, 5) is 14.5. The van der Waals surface area contributed by atoms with Crippen molar-refractivity contribution in [1.82, 2.24) is 4.90 Å². The summed E-state index contributed by atoms with van der Waals surface area (Å²) in [6.45, 7) is 9.22. The fourth-order valence-corrected chi connectivity index (χ4v) is 3.15. The molecule has 26 heavy (non-hydrogen) atoms. The van der Waals surface area contributed by atoms with Crippen molar-refractivity contribution in [3.63, 3.8) is 0 Å². The average Bonchev–Trinajstić information content (AvgIpc) is 2.57. The summed E-state index contributed by atoms with van der Waals surface area (Å²) >= 11 is 0. The van der Waals surface area contributed by atoms with Gasteiger partial charge in [-0.2, -0.15) is 0 Å². The van der Waals surface area contributed by atoms with Crippen molar-refractivity contribution in [2.75, 3.05) is 6.61 Å². The first-order valence-electron chi connectivity index (χ1n) is 9.66. The van der Waals surface area contributed by atoms with Gasteiger partial charge in [-0.15, -0.1) is 0 Å². The van der Waals surface area contributed by atoms with Crippen LogP contribution in [-0.2, 0) is 16.1 Å². The topological polar surface area (TPSA) is 38.8 Å². The van der Waals surface area contributed by atoms with Gasteiger partial charge in [0, 0.05) is 12.6 Å². The molecule has 0 aliphatic carbocycles. The van der Waals surface area contributed by atoms with E-state index in [0.717, 1.165) is 32.3 Å². The molecule has 0 aromatic heterocycles. The van der Waals surface area contributed by atoms with Crippen LogP contribution in [0.25, 0.3) is 0 Å². The minimum absolute atomic E-state index is 0.114. The Kier molecular flexibility index (Phi) is 7.70. The molecule has 0 saturated carbocycles. The molecule has 144 valence electrons. The zero-order valence-electron chi connectivity index (χ0n) is 16.6. The lowest BCUT2D eigenvalue weighted by atomic mass is 10.00. The SMILES string of the molecule is C[C@H]1CC=C[C@H](CCCCOCc2ccccc2)N1C(=O)OC(C)(C)C. The molecule has 0 saturated heterocycles. The Morgan fingerprint density at radius 3 is 2.62 bits per heavy atom. The molecule has 1 heterocycles. The van der Waals surface area contributed by atoms with Crippen molar-refractivity contribution in [2.45, 2.75) is 77.7 Å². The minimum Gasteiger partial charge on any atom is -0.444 e. The van der Waals surface area contributed by atoms with Crippen LogP contribution in [0, 0.1) is 0 Å². The number of unbranched alkanes of at least 4 members (excludes halogenated alkanes) is 1. The summed E-state index contributed by atoms with van der Waals surface area (Å²) in [7, 11) is 0. The van der Waals surface area contributed by atoms with Gasteiger partial charge in [0.2, 0.25) is 0 Å². The standard InChI is InChI=1S/C22H33NO3/c1-18-11-10-15-20(23(18)21(24)26-22(2,3)4)14-8-9-16-25-17-19-12-6-5-7-13-19/h5-7,10,12-13,15,18,20H,8-9,11,14,16-17H2,1-4H3/t18-,20-/m0/s1. The maximum atomic E-state index is 12.6. The Balaban J connectivity index is 1.74. The van der Waals surface area contributed by atoms with E-state index in [1.807, 2.05) is 43.9 Å². The third kappa shape index (κ3) is 6.83. The van der Waals surface area contributed by atoms with Crippen molar-refractivity contribution in [3.05, 3.63) is 48.0 Å². The molecule has 0 spiro atoms. The number of rotatable bonds is 7. The summed E-state index contributed by atoms with van der Waals surface area (Å²) < 4.78 is 11.3. The van der Waals surface area contributed by atoms with Crippen molar-refractivity contribution < 1.29 is 14.3 Å². The van der Waals surface area contributed by atoms with E-state index in [1.165, 1.54) is 5.56 Å². The van der Waals surface area contributed by atoms with Gasteiger partial charge in [-0.25, -0.2) is 4.79 Å². The monoisotopic (exact) mass is 359 g/mol. The smallest absolute Gasteiger partial charge is 0.411 e. The summed E-state index contributed by atoms with van der Waals surface area (Å²) in [5, 5.41) is 0. The quantitative estimate of drug-likeness (QED) is 0.488. The molecule has 4 nitrogen and oxygen atoms in total. The number of hydrogen-bond acceptors (Lipinski definition) is 3. The molecule has 0 bridgehead atoms. The molecule has 2 rings (SSSR count). The minimum atomic E-state index is -0.464. The molecule has 0 unspecified atom stereocenters. The average molecular weight is 360 g/mol. The molecule has 0 radical (unpaired) electrons. The van der Waals surface area contributed by atoms with E-state index in [0.29, 0.717) is 6.61 Å². The number of benzene rings is 1. The zero-order chi connectivity index (χ0) is 19.0. The largest absolute Gasteiger partial charge is 0.444 e. The van der Waals surface area contributed by atoms with Crippen LogP contribution >= 0.6 is 0 Å². The van der Waals surface area contributed by atoms with E-state index >= 15 is 0 Å². The first-order valence-corrected chi connectivity index (χ1v) is 9.66. The van der Waals surface area contributed by atoms with Gasteiger partial charge in [0.25, 0.3) is 0 Å². The fourth-order valence-electron chi connectivity index (χ4n) is 3.15. The molecule has 0 N–H and O–H groups in total. The highest BCUT2D eigenvalue weighted by Gasteiger charge is 2.32. The van der Waals surface area contributed by atoms with Gasteiger partial charge < -0.3 is 9.47 Å². The Bertz CT molecular complexity index is 577. The summed E-state index contributed by atoms with van der Waals surface area (Å²) in [5.41, 5.74) is 0.737. The van der Waals surface area contributed by atoms with E-state index in [9.17, 15) is 4.79 Å². The third-order valence-electron chi connectivity index (χ3n) is 4.42. The maximum Gasteiger partial charge on any atom is 0.411 e. The highest BCUT2D eigenvalue weighted by Crippen LogP contribution is 2.24. The van der Waals surface area contributed by atoms with Gasteiger partial charge >= 0.3 is 6.09 Å². The van der Waals surface area contributed by atoms with E-state index in [1.54, 1.807) is 0 Å². The molecular formula is C22H33NO3. The Morgan fingerprint density at radius 1 is 1.19 bits per heavy atom. The predicted octanol–water partition coefficient (Wildman–Crippen LogP) is 5.33. The van der Waals surface area contributed by atoms with E-state index in [2.05, 4.69) is 31.2 Å². The third-order valence-corrected chi connectivity index (χ3v) is 4.42. The number of nitrogens with zero attached hydrogens (tertiary/aromatic N) is 1. The summed E-state index contributed by atoms with van der Waals surface area (Å²) in [5.74, 6) is 0. The van der Waals surface area contributed by atoms with Crippen molar-refractivity contribution >= 4 is 6.09 Å². The first-order chi connectivity index (χ1) is 12.4. The van der Waals surface area contributed by atoms with Gasteiger partial charge in [-0.3, -0.25) is 4.90 Å². The van der Waals surface area contributed by atoms with Crippen LogP contribution < -0.4 is 0 Å². The van der Waals surface area contributed by atoms with Crippen molar-refractivity contribution in [2.24, 2.45) is 0 Å². The second-order valence-corrected chi connectivity index (χ2v) is 8.00. The number of ether oxygens (including phenoxy) is 2. The summed E-state index contributed by atoms with van der Waals surface area (Å²) in [6.07, 6.45) is 7.96. The molecule has 1 aromatic rings. The van der Waals surface area contributed by atoms with E-state index in [-0.39, 0.29) is 18.2 Å². The number of carbonyl (C=O) groups excluding carboxylic acids is 1. The molecule has 1 amide bonds. The van der Waals surface area contributed by atoms with E-state index in [4.69, 9.17) is 9.47 Å². The highest BCUT2D eigenvalue weighted by atomic mass is 16.6. The molecule has 4 heteroatoms. The van der Waals surface area contributed by atoms with E-state index < -0.39 is 5.60 Å². The normalized spacial score (nSPS) is 20.2. The second-order valence-electron chi connectivity index (χ2n) is 8.00. The Morgan fingerprint density at radius 2 is 1.92 bits per heavy atom. The van der Waals surface area contributed by atoms with Gasteiger partial charge in [0.1, 0.15) is 5.60 Å². The highest BCUT2D eigenvalue weighted by molar-refractivity contribution is 5.69. The van der Waals surface area contributed by atoms with Gasteiger partial charge in [0.15, 0.2) is 0 Å². The fraction of sp³-hybridized carbons (Fsp3) is 0.591. The van der Waals surface area contributed by atoms with Crippen LogP contribution in [0.4, 0.5) is 4.79 Å².